The van der Waals surface area contributed by atoms with Crippen LogP contribution >= 0.6 is 27.5 Å². The van der Waals surface area contributed by atoms with E-state index in [9.17, 15) is 4.39 Å². The number of rotatable bonds is 2. The van der Waals surface area contributed by atoms with Crippen LogP contribution in [0.15, 0.2) is 51.5 Å². The van der Waals surface area contributed by atoms with Gasteiger partial charge >= 0.3 is 0 Å². The summed E-state index contributed by atoms with van der Waals surface area (Å²) in [7, 11) is 0. The molecule has 2 aromatic carbocycles. The van der Waals surface area contributed by atoms with Gasteiger partial charge in [-0.05, 0) is 51.8 Å². The predicted molar refractivity (Wildman–Crippen MR) is 84.5 cm³/mol. The minimum absolute atomic E-state index is 0.257. The Hall–Kier alpha value is -1.85. The molecule has 1 heterocycles. The zero-order chi connectivity index (χ0) is 15.0. The van der Waals surface area contributed by atoms with Gasteiger partial charge in [0.25, 0.3) is 0 Å². The smallest absolute Gasteiger partial charge is 0.176 e. The van der Waals surface area contributed by atoms with Crippen molar-refractivity contribution in [3.05, 3.63) is 57.8 Å². The van der Waals surface area contributed by atoms with E-state index in [2.05, 4.69) is 21.1 Å². The molecule has 0 radical (unpaired) electrons. The average molecular weight is 368 g/mol. The van der Waals surface area contributed by atoms with Gasteiger partial charge < -0.3 is 10.3 Å². The summed E-state index contributed by atoms with van der Waals surface area (Å²) in [5, 5.41) is 4.38. The molecular weight excluding hydrogens is 359 g/mol. The second-order valence-electron chi connectivity index (χ2n) is 4.41. The first kappa shape index (κ1) is 14.1. The topological polar surface area (TPSA) is 52.0 Å². The molecule has 3 nitrogen and oxygen atoms in total. The maximum absolute atomic E-state index is 13.4. The van der Waals surface area contributed by atoms with Crippen molar-refractivity contribution in [2.24, 2.45) is 0 Å². The summed E-state index contributed by atoms with van der Waals surface area (Å²) in [4.78, 5) is 0. The Kier molecular flexibility index (Phi) is 3.69. The van der Waals surface area contributed by atoms with E-state index < -0.39 is 0 Å². The Morgan fingerprint density at radius 3 is 2.67 bits per heavy atom. The molecule has 3 aromatic rings. The number of hydrogen-bond acceptors (Lipinski definition) is 3. The molecule has 0 amide bonds. The van der Waals surface area contributed by atoms with Crippen LogP contribution in [-0.4, -0.2) is 5.16 Å². The molecule has 0 bridgehead atoms. The summed E-state index contributed by atoms with van der Waals surface area (Å²) in [6, 6.07) is 11.8. The molecule has 6 heteroatoms. The maximum Gasteiger partial charge on any atom is 0.176 e. The largest absolute Gasteiger partial charge is 0.380 e. The fraction of sp³-hybridized carbons (Fsp3) is 0. The number of benzene rings is 2. The molecule has 0 spiro atoms. The number of anilines is 1. The molecule has 106 valence electrons. The van der Waals surface area contributed by atoms with Crippen molar-refractivity contribution in [2.75, 3.05) is 5.73 Å². The Bertz CT molecular complexity index is 819. The molecule has 0 aliphatic rings. The summed E-state index contributed by atoms with van der Waals surface area (Å²) in [6.45, 7) is 0. The van der Waals surface area contributed by atoms with Crippen molar-refractivity contribution in [3.8, 4) is 22.5 Å². The monoisotopic (exact) mass is 366 g/mol. The van der Waals surface area contributed by atoms with Crippen LogP contribution in [0.3, 0.4) is 0 Å². The second-order valence-corrected chi connectivity index (χ2v) is 5.70. The predicted octanol–water partition coefficient (Wildman–Crippen LogP) is 5.15. The molecule has 0 saturated heterocycles. The highest BCUT2D eigenvalue weighted by Crippen LogP contribution is 2.38. The number of halogens is 3. The van der Waals surface area contributed by atoms with Crippen LogP contribution < -0.4 is 5.73 Å². The number of hydrogen-bond donors (Lipinski definition) is 1. The van der Waals surface area contributed by atoms with Gasteiger partial charge in [0, 0.05) is 10.6 Å². The molecule has 0 atom stereocenters. The van der Waals surface area contributed by atoms with Crippen LogP contribution in [0.2, 0.25) is 5.02 Å². The molecule has 0 unspecified atom stereocenters. The first-order valence-corrected chi connectivity index (χ1v) is 7.20. The van der Waals surface area contributed by atoms with Crippen LogP contribution in [-0.2, 0) is 0 Å². The highest BCUT2D eigenvalue weighted by atomic mass is 79.9. The van der Waals surface area contributed by atoms with Crippen LogP contribution in [0.5, 0.6) is 0 Å². The van der Waals surface area contributed by atoms with Crippen molar-refractivity contribution in [2.45, 2.75) is 0 Å². The Morgan fingerprint density at radius 1 is 1.14 bits per heavy atom. The zero-order valence-corrected chi connectivity index (χ0v) is 13.0. The van der Waals surface area contributed by atoms with E-state index in [0.717, 1.165) is 5.56 Å². The molecule has 21 heavy (non-hydrogen) atoms. The minimum Gasteiger partial charge on any atom is -0.380 e. The van der Waals surface area contributed by atoms with E-state index in [-0.39, 0.29) is 11.6 Å². The maximum atomic E-state index is 13.4. The minimum atomic E-state index is -0.351. The Morgan fingerprint density at radius 2 is 1.95 bits per heavy atom. The first-order valence-electron chi connectivity index (χ1n) is 6.03. The third kappa shape index (κ3) is 2.66. The third-order valence-electron chi connectivity index (χ3n) is 3.01. The van der Waals surface area contributed by atoms with Crippen molar-refractivity contribution < 1.29 is 8.91 Å². The molecule has 0 aliphatic carbocycles. The van der Waals surface area contributed by atoms with Crippen molar-refractivity contribution >= 4 is 33.3 Å². The van der Waals surface area contributed by atoms with E-state index in [0.29, 0.717) is 26.4 Å². The van der Waals surface area contributed by atoms with Gasteiger partial charge in [0.2, 0.25) is 0 Å². The van der Waals surface area contributed by atoms with E-state index in [1.165, 1.54) is 6.07 Å². The number of nitrogen functional groups attached to an aromatic ring is 1. The second kappa shape index (κ2) is 5.50. The summed E-state index contributed by atoms with van der Waals surface area (Å²) < 4.78 is 19.0. The number of nitrogens with two attached hydrogens (primary N) is 1. The van der Waals surface area contributed by atoms with Gasteiger partial charge in [-0.2, -0.15) is 0 Å². The first-order chi connectivity index (χ1) is 10.1. The average Bonchev–Trinajstić information content (AvgIpc) is 2.84. The molecule has 0 aliphatic heterocycles. The lowest BCUT2D eigenvalue weighted by molar-refractivity contribution is 0.436. The molecular formula is C15H9BrClFN2O. The number of nitrogens with zero attached hydrogens (tertiary/aromatic N) is 1. The highest BCUT2D eigenvalue weighted by Gasteiger charge is 2.18. The van der Waals surface area contributed by atoms with Crippen molar-refractivity contribution in [3.63, 3.8) is 0 Å². The molecule has 1 aromatic heterocycles. The lowest BCUT2D eigenvalue weighted by Crippen LogP contribution is -1.89. The fourth-order valence-electron chi connectivity index (χ4n) is 2.06. The van der Waals surface area contributed by atoms with Gasteiger partial charge in [-0.15, -0.1) is 0 Å². The van der Waals surface area contributed by atoms with Crippen molar-refractivity contribution in [1.82, 2.24) is 5.16 Å². The van der Waals surface area contributed by atoms with Gasteiger partial charge in [0.15, 0.2) is 11.6 Å². The van der Waals surface area contributed by atoms with Gasteiger partial charge in [0.05, 0.1) is 10.0 Å². The SMILES string of the molecule is Nc1noc(-c2ccc(F)c(Br)c2)c1-c1cccc(Cl)c1. The molecule has 3 rings (SSSR count). The molecule has 2 N–H and O–H groups in total. The van der Waals surface area contributed by atoms with Gasteiger partial charge in [-0.25, -0.2) is 4.39 Å². The fourth-order valence-corrected chi connectivity index (χ4v) is 2.63. The van der Waals surface area contributed by atoms with Crippen LogP contribution in [0.4, 0.5) is 10.2 Å². The van der Waals surface area contributed by atoms with Crippen LogP contribution in [0, 0.1) is 5.82 Å². The third-order valence-corrected chi connectivity index (χ3v) is 3.86. The van der Waals surface area contributed by atoms with Crippen LogP contribution in [0.1, 0.15) is 0 Å². The van der Waals surface area contributed by atoms with Gasteiger partial charge in [-0.1, -0.05) is 28.9 Å². The molecule has 0 fully saturated rings. The number of aromatic nitrogens is 1. The standard InChI is InChI=1S/C15H9BrClFN2O/c16-11-7-9(4-5-12(11)18)14-13(15(19)20-21-14)8-2-1-3-10(17)6-8/h1-7H,(H2,19,20). The normalized spacial score (nSPS) is 10.8. The zero-order valence-electron chi connectivity index (χ0n) is 10.6. The lowest BCUT2D eigenvalue weighted by Gasteiger charge is -2.04. The van der Waals surface area contributed by atoms with E-state index in [4.69, 9.17) is 21.9 Å². The lowest BCUT2D eigenvalue weighted by atomic mass is 10.0. The highest BCUT2D eigenvalue weighted by molar-refractivity contribution is 9.10. The van der Waals surface area contributed by atoms with Gasteiger partial charge in [-0.3, -0.25) is 0 Å². The van der Waals surface area contributed by atoms with Gasteiger partial charge in [0.1, 0.15) is 5.82 Å². The van der Waals surface area contributed by atoms with E-state index in [1.54, 1.807) is 24.3 Å². The summed E-state index contributed by atoms with van der Waals surface area (Å²) in [5.74, 6) is 0.374. The van der Waals surface area contributed by atoms with E-state index in [1.807, 2.05) is 12.1 Å². The summed E-state index contributed by atoms with van der Waals surface area (Å²) in [5.41, 5.74) is 7.99. The van der Waals surface area contributed by atoms with Crippen molar-refractivity contribution in [1.29, 1.82) is 0 Å². The van der Waals surface area contributed by atoms with E-state index >= 15 is 0 Å². The van der Waals surface area contributed by atoms with Crippen LogP contribution in [0.25, 0.3) is 22.5 Å². The quantitative estimate of drug-likeness (QED) is 0.682. The summed E-state index contributed by atoms with van der Waals surface area (Å²) in [6.07, 6.45) is 0. The molecule has 0 saturated carbocycles. The summed E-state index contributed by atoms with van der Waals surface area (Å²) >= 11 is 9.16. The Balaban J connectivity index is 2.19. The Labute approximate surface area is 133 Å².